The van der Waals surface area contributed by atoms with Gasteiger partial charge in [-0.15, -0.1) is 0 Å². The molecule has 1 fully saturated rings. The lowest BCUT2D eigenvalue weighted by atomic mass is 10.0. The quantitative estimate of drug-likeness (QED) is 0.923. The summed E-state index contributed by atoms with van der Waals surface area (Å²) >= 11 is 6.01. The summed E-state index contributed by atoms with van der Waals surface area (Å²) in [6.45, 7) is 2.97. The maximum absolute atomic E-state index is 12.4. The lowest BCUT2D eigenvalue weighted by Gasteiger charge is -2.31. The Bertz CT molecular complexity index is 444. The van der Waals surface area contributed by atoms with Crippen molar-refractivity contribution in [3.63, 3.8) is 0 Å². The zero-order valence-electron chi connectivity index (χ0n) is 11.5. The van der Waals surface area contributed by atoms with Crippen molar-refractivity contribution in [2.75, 3.05) is 13.6 Å². The van der Waals surface area contributed by atoms with Gasteiger partial charge < -0.3 is 10.2 Å². The number of hydrogen-bond acceptors (Lipinski definition) is 2. The van der Waals surface area contributed by atoms with Crippen LogP contribution in [0.4, 0.5) is 0 Å². The summed E-state index contributed by atoms with van der Waals surface area (Å²) in [4.78, 5) is 14.2. The molecule has 19 heavy (non-hydrogen) atoms. The lowest BCUT2D eigenvalue weighted by molar-refractivity contribution is -0.134. The van der Waals surface area contributed by atoms with E-state index in [1.165, 1.54) is 0 Å². The number of piperidine rings is 1. The SMILES string of the molecule is CC(c1cccc(Cl)c1)N(C)C(=O)C1CCCCN1. The van der Waals surface area contributed by atoms with Gasteiger partial charge in [0.05, 0.1) is 12.1 Å². The monoisotopic (exact) mass is 280 g/mol. The molecular weight excluding hydrogens is 260 g/mol. The van der Waals surface area contributed by atoms with Crippen molar-refractivity contribution in [3.05, 3.63) is 34.9 Å². The number of carbonyl (C=O) groups excluding carboxylic acids is 1. The van der Waals surface area contributed by atoms with Crippen LogP contribution in [0, 0.1) is 0 Å². The third-order valence-electron chi connectivity index (χ3n) is 3.87. The van der Waals surface area contributed by atoms with Crippen LogP contribution in [0.1, 0.15) is 37.8 Å². The molecule has 4 heteroatoms. The average molecular weight is 281 g/mol. The van der Waals surface area contributed by atoms with E-state index in [-0.39, 0.29) is 18.0 Å². The minimum absolute atomic E-state index is 0.0274. The highest BCUT2D eigenvalue weighted by Gasteiger charge is 2.26. The van der Waals surface area contributed by atoms with E-state index >= 15 is 0 Å². The molecule has 2 atom stereocenters. The highest BCUT2D eigenvalue weighted by Crippen LogP contribution is 2.23. The number of nitrogens with one attached hydrogen (secondary N) is 1. The summed E-state index contributed by atoms with van der Waals surface area (Å²) in [5.74, 6) is 0.173. The Morgan fingerprint density at radius 1 is 1.47 bits per heavy atom. The number of rotatable bonds is 3. The second-order valence-electron chi connectivity index (χ2n) is 5.18. The van der Waals surface area contributed by atoms with Crippen LogP contribution < -0.4 is 5.32 Å². The molecule has 0 spiro atoms. The fraction of sp³-hybridized carbons (Fsp3) is 0.533. The molecule has 1 aromatic rings. The molecule has 0 aliphatic carbocycles. The van der Waals surface area contributed by atoms with Crippen molar-refractivity contribution in [1.82, 2.24) is 10.2 Å². The fourth-order valence-corrected chi connectivity index (χ4v) is 2.69. The lowest BCUT2D eigenvalue weighted by Crippen LogP contribution is -2.47. The highest BCUT2D eigenvalue weighted by atomic mass is 35.5. The van der Waals surface area contributed by atoms with E-state index in [2.05, 4.69) is 5.32 Å². The van der Waals surface area contributed by atoms with Crippen molar-refractivity contribution in [3.8, 4) is 0 Å². The van der Waals surface area contributed by atoms with Crippen LogP contribution in [-0.4, -0.2) is 30.4 Å². The molecule has 1 aliphatic rings. The molecule has 1 amide bonds. The first kappa shape index (κ1) is 14.4. The standard InChI is InChI=1S/C15H21ClN2O/c1-11(12-6-5-7-13(16)10-12)18(2)15(19)14-8-3-4-9-17-14/h5-7,10-11,14,17H,3-4,8-9H2,1-2H3. The maximum Gasteiger partial charge on any atom is 0.239 e. The van der Waals surface area contributed by atoms with Gasteiger partial charge in [0.1, 0.15) is 0 Å². The van der Waals surface area contributed by atoms with Crippen LogP contribution in [0.15, 0.2) is 24.3 Å². The Labute approximate surface area is 119 Å². The van der Waals surface area contributed by atoms with Gasteiger partial charge in [-0.05, 0) is 44.0 Å². The second kappa shape index (κ2) is 6.40. The van der Waals surface area contributed by atoms with E-state index in [4.69, 9.17) is 11.6 Å². The fourth-order valence-electron chi connectivity index (χ4n) is 2.49. The first-order valence-corrected chi connectivity index (χ1v) is 7.23. The molecule has 1 saturated heterocycles. The van der Waals surface area contributed by atoms with Crippen molar-refractivity contribution in [1.29, 1.82) is 0 Å². The molecule has 2 rings (SSSR count). The van der Waals surface area contributed by atoms with Gasteiger partial charge in [-0.2, -0.15) is 0 Å². The van der Waals surface area contributed by atoms with Crippen molar-refractivity contribution >= 4 is 17.5 Å². The Hall–Kier alpha value is -1.06. The second-order valence-corrected chi connectivity index (χ2v) is 5.62. The number of carbonyl (C=O) groups is 1. The van der Waals surface area contributed by atoms with Crippen LogP contribution in [0.25, 0.3) is 0 Å². The van der Waals surface area contributed by atoms with Crippen LogP contribution in [-0.2, 0) is 4.79 Å². The van der Waals surface area contributed by atoms with E-state index < -0.39 is 0 Å². The third kappa shape index (κ3) is 3.48. The van der Waals surface area contributed by atoms with E-state index in [0.717, 1.165) is 31.4 Å². The molecule has 3 nitrogen and oxygen atoms in total. The van der Waals surface area contributed by atoms with Gasteiger partial charge in [-0.3, -0.25) is 4.79 Å². The summed E-state index contributed by atoms with van der Waals surface area (Å²) in [7, 11) is 1.87. The Morgan fingerprint density at radius 3 is 2.89 bits per heavy atom. The van der Waals surface area contributed by atoms with Gasteiger partial charge in [-0.25, -0.2) is 0 Å². The molecule has 1 heterocycles. The largest absolute Gasteiger partial charge is 0.338 e. The number of halogens is 1. The van der Waals surface area contributed by atoms with Crippen molar-refractivity contribution in [2.45, 2.75) is 38.3 Å². The van der Waals surface area contributed by atoms with Gasteiger partial charge in [-0.1, -0.05) is 30.2 Å². The number of likely N-dealkylation sites (N-methyl/N-ethyl adjacent to an activating group) is 1. The van der Waals surface area contributed by atoms with Gasteiger partial charge in [0.25, 0.3) is 0 Å². The van der Waals surface area contributed by atoms with Gasteiger partial charge in [0, 0.05) is 12.1 Å². The average Bonchev–Trinajstić information content (AvgIpc) is 2.46. The normalized spacial score (nSPS) is 20.9. The van der Waals surface area contributed by atoms with E-state index in [1.54, 1.807) is 0 Å². The molecule has 1 aliphatic heterocycles. The van der Waals surface area contributed by atoms with E-state index in [0.29, 0.717) is 5.02 Å². The molecule has 0 saturated carbocycles. The summed E-state index contributed by atoms with van der Waals surface area (Å²) in [6.07, 6.45) is 3.23. The molecular formula is C15H21ClN2O. The van der Waals surface area contributed by atoms with Crippen molar-refractivity contribution in [2.24, 2.45) is 0 Å². The predicted molar refractivity (Wildman–Crippen MR) is 78.3 cm³/mol. The molecule has 1 aromatic carbocycles. The highest BCUT2D eigenvalue weighted by molar-refractivity contribution is 6.30. The zero-order chi connectivity index (χ0) is 13.8. The minimum Gasteiger partial charge on any atom is -0.338 e. The minimum atomic E-state index is -0.0274. The van der Waals surface area contributed by atoms with Crippen LogP contribution in [0.5, 0.6) is 0 Å². The van der Waals surface area contributed by atoms with Crippen LogP contribution in [0.3, 0.4) is 0 Å². The molecule has 104 valence electrons. The molecule has 0 bridgehead atoms. The Kier molecular flexibility index (Phi) is 4.83. The smallest absolute Gasteiger partial charge is 0.239 e. The summed E-state index contributed by atoms with van der Waals surface area (Å²) in [5.41, 5.74) is 1.07. The van der Waals surface area contributed by atoms with Gasteiger partial charge in [0.15, 0.2) is 0 Å². The zero-order valence-corrected chi connectivity index (χ0v) is 12.3. The van der Waals surface area contributed by atoms with E-state index in [9.17, 15) is 4.79 Å². The maximum atomic E-state index is 12.4. The summed E-state index contributed by atoms with van der Waals surface area (Å²) in [5, 5.41) is 4.01. The number of benzene rings is 1. The predicted octanol–water partition coefficient (Wildman–Crippen LogP) is 3.00. The topological polar surface area (TPSA) is 32.3 Å². The number of amides is 1. The van der Waals surface area contributed by atoms with Crippen LogP contribution in [0.2, 0.25) is 5.02 Å². The summed E-state index contributed by atoms with van der Waals surface area (Å²) in [6, 6.07) is 7.71. The number of nitrogens with zero attached hydrogens (tertiary/aromatic N) is 1. The molecule has 2 unspecified atom stereocenters. The number of hydrogen-bond donors (Lipinski definition) is 1. The first-order valence-electron chi connectivity index (χ1n) is 6.85. The van der Waals surface area contributed by atoms with E-state index in [1.807, 2.05) is 43.1 Å². The van der Waals surface area contributed by atoms with Gasteiger partial charge in [0.2, 0.25) is 5.91 Å². The molecule has 0 aromatic heterocycles. The Balaban J connectivity index is 2.05. The van der Waals surface area contributed by atoms with Crippen LogP contribution >= 0.6 is 11.6 Å². The molecule has 0 radical (unpaired) electrons. The molecule has 1 N–H and O–H groups in total. The first-order chi connectivity index (χ1) is 9.09. The Morgan fingerprint density at radius 2 is 2.26 bits per heavy atom. The third-order valence-corrected chi connectivity index (χ3v) is 4.10. The van der Waals surface area contributed by atoms with Gasteiger partial charge >= 0.3 is 0 Å². The summed E-state index contributed by atoms with van der Waals surface area (Å²) < 4.78 is 0. The van der Waals surface area contributed by atoms with Crippen molar-refractivity contribution < 1.29 is 4.79 Å².